The fourth-order valence-electron chi connectivity index (χ4n) is 3.25. The number of carbonyl (C=O) groups excluding carboxylic acids is 1. The Morgan fingerprint density at radius 3 is 2.40 bits per heavy atom. The van der Waals surface area contributed by atoms with Crippen molar-refractivity contribution in [1.29, 1.82) is 0 Å². The average molecular weight is 341 g/mol. The van der Waals surface area contributed by atoms with Crippen LogP contribution in [0.3, 0.4) is 0 Å². The first-order chi connectivity index (χ1) is 11.9. The lowest BCUT2D eigenvalue weighted by atomic mass is 9.88. The first-order valence-electron chi connectivity index (χ1n) is 9.03. The highest BCUT2D eigenvalue weighted by Gasteiger charge is 2.31. The predicted molar refractivity (Wildman–Crippen MR) is 96.5 cm³/mol. The van der Waals surface area contributed by atoms with Crippen LogP contribution in [0.2, 0.25) is 0 Å². The molecule has 2 heterocycles. The molecule has 1 atom stereocenters. The minimum Gasteiger partial charge on any atom is -0.338 e. The van der Waals surface area contributed by atoms with Gasteiger partial charge >= 0.3 is 0 Å². The van der Waals surface area contributed by atoms with Crippen LogP contribution in [0.1, 0.15) is 68.7 Å². The number of ketones is 1. The van der Waals surface area contributed by atoms with Crippen molar-refractivity contribution < 1.29 is 9.32 Å². The maximum absolute atomic E-state index is 12.6. The van der Waals surface area contributed by atoms with Crippen molar-refractivity contribution in [3.63, 3.8) is 0 Å². The third-order valence-electron chi connectivity index (χ3n) is 4.98. The van der Waals surface area contributed by atoms with Crippen molar-refractivity contribution in [2.75, 3.05) is 13.1 Å². The number of rotatable bonds is 4. The van der Waals surface area contributed by atoms with E-state index in [1.165, 1.54) is 0 Å². The molecule has 3 rings (SSSR count). The van der Waals surface area contributed by atoms with E-state index < -0.39 is 0 Å². The van der Waals surface area contributed by atoms with E-state index in [0.29, 0.717) is 5.89 Å². The summed E-state index contributed by atoms with van der Waals surface area (Å²) in [6, 6.07) is 9.68. The summed E-state index contributed by atoms with van der Waals surface area (Å²) in [6.45, 7) is 10.1. The Morgan fingerprint density at radius 1 is 1.20 bits per heavy atom. The van der Waals surface area contributed by atoms with Gasteiger partial charge in [-0.3, -0.25) is 9.69 Å². The van der Waals surface area contributed by atoms with Crippen LogP contribution in [0.4, 0.5) is 0 Å². The minimum atomic E-state index is -0.115. The van der Waals surface area contributed by atoms with E-state index in [9.17, 15) is 4.79 Å². The van der Waals surface area contributed by atoms with E-state index in [-0.39, 0.29) is 23.2 Å². The van der Waals surface area contributed by atoms with Gasteiger partial charge in [0.15, 0.2) is 11.6 Å². The standard InChI is InChI=1S/C20H27N3O2/c1-14(18-21-19(22-25-18)20(2,3)4)23-12-10-16(11-13-23)17(24)15-8-6-5-7-9-15/h5-9,14,16H,10-13H2,1-4H3. The van der Waals surface area contributed by atoms with Crippen LogP contribution in [-0.2, 0) is 5.41 Å². The highest BCUT2D eigenvalue weighted by molar-refractivity contribution is 5.97. The van der Waals surface area contributed by atoms with E-state index in [0.717, 1.165) is 37.3 Å². The maximum atomic E-state index is 12.6. The fourth-order valence-corrected chi connectivity index (χ4v) is 3.25. The Kier molecular flexibility index (Phi) is 5.04. The summed E-state index contributed by atoms with van der Waals surface area (Å²) in [7, 11) is 0. The van der Waals surface area contributed by atoms with Gasteiger partial charge in [0.25, 0.3) is 0 Å². The van der Waals surface area contributed by atoms with Crippen molar-refractivity contribution in [2.45, 2.75) is 52.0 Å². The molecule has 0 saturated carbocycles. The smallest absolute Gasteiger partial charge is 0.243 e. The quantitative estimate of drug-likeness (QED) is 0.786. The van der Waals surface area contributed by atoms with Crippen LogP contribution in [0, 0.1) is 5.92 Å². The molecule has 1 aromatic heterocycles. The van der Waals surface area contributed by atoms with Gasteiger partial charge in [-0.25, -0.2) is 0 Å². The summed E-state index contributed by atoms with van der Waals surface area (Å²) in [4.78, 5) is 19.5. The van der Waals surface area contributed by atoms with Crippen LogP contribution in [0.15, 0.2) is 34.9 Å². The molecule has 5 heteroatoms. The molecule has 0 bridgehead atoms. The number of piperidine rings is 1. The molecule has 25 heavy (non-hydrogen) atoms. The molecule has 1 unspecified atom stereocenters. The largest absolute Gasteiger partial charge is 0.338 e. The molecule has 0 N–H and O–H groups in total. The van der Waals surface area contributed by atoms with Crippen molar-refractivity contribution in [1.82, 2.24) is 15.0 Å². The average Bonchev–Trinajstić information content (AvgIpc) is 3.12. The molecular weight excluding hydrogens is 314 g/mol. The van der Waals surface area contributed by atoms with Gasteiger partial charge < -0.3 is 4.52 Å². The molecule has 0 aliphatic carbocycles. The maximum Gasteiger partial charge on any atom is 0.243 e. The van der Waals surface area contributed by atoms with Crippen LogP contribution in [0.5, 0.6) is 0 Å². The highest BCUT2D eigenvalue weighted by atomic mass is 16.5. The van der Waals surface area contributed by atoms with Gasteiger partial charge in [-0.2, -0.15) is 4.98 Å². The van der Waals surface area contributed by atoms with E-state index in [1.807, 2.05) is 30.3 Å². The monoisotopic (exact) mass is 341 g/mol. The Balaban J connectivity index is 1.60. The van der Waals surface area contributed by atoms with Gasteiger partial charge in [0.1, 0.15) is 0 Å². The SMILES string of the molecule is CC(c1nc(C(C)(C)C)no1)N1CCC(C(=O)c2ccccc2)CC1. The lowest BCUT2D eigenvalue weighted by Gasteiger charge is -2.34. The summed E-state index contributed by atoms with van der Waals surface area (Å²) >= 11 is 0. The van der Waals surface area contributed by atoms with E-state index in [1.54, 1.807) is 0 Å². The molecule has 0 amide bonds. The van der Waals surface area contributed by atoms with Gasteiger partial charge in [-0.05, 0) is 32.9 Å². The van der Waals surface area contributed by atoms with Gasteiger partial charge in [0.2, 0.25) is 5.89 Å². The minimum absolute atomic E-state index is 0.0800. The number of carbonyl (C=O) groups is 1. The van der Waals surface area contributed by atoms with Gasteiger partial charge in [-0.15, -0.1) is 0 Å². The molecule has 134 valence electrons. The van der Waals surface area contributed by atoms with Gasteiger partial charge in [-0.1, -0.05) is 56.3 Å². The number of hydrogen-bond acceptors (Lipinski definition) is 5. The molecule has 1 aromatic carbocycles. The van der Waals surface area contributed by atoms with Crippen molar-refractivity contribution in [3.8, 4) is 0 Å². The molecule has 1 aliphatic heterocycles. The Morgan fingerprint density at radius 2 is 1.84 bits per heavy atom. The molecule has 1 saturated heterocycles. The lowest BCUT2D eigenvalue weighted by molar-refractivity contribution is 0.0774. The number of aromatic nitrogens is 2. The van der Waals surface area contributed by atoms with Gasteiger partial charge in [0, 0.05) is 16.9 Å². The third kappa shape index (κ3) is 3.98. The number of benzene rings is 1. The van der Waals surface area contributed by atoms with Crippen LogP contribution < -0.4 is 0 Å². The molecule has 2 aromatic rings. The van der Waals surface area contributed by atoms with E-state index in [4.69, 9.17) is 4.52 Å². The summed E-state index contributed by atoms with van der Waals surface area (Å²) in [5.41, 5.74) is 0.706. The fraction of sp³-hybridized carbons (Fsp3) is 0.550. The Labute approximate surface area is 149 Å². The summed E-state index contributed by atoms with van der Waals surface area (Å²) < 4.78 is 5.48. The number of nitrogens with zero attached hydrogens (tertiary/aromatic N) is 3. The molecule has 0 radical (unpaired) electrons. The zero-order chi connectivity index (χ0) is 18.0. The Hall–Kier alpha value is -2.01. The zero-order valence-electron chi connectivity index (χ0n) is 15.5. The molecule has 1 aliphatic rings. The van der Waals surface area contributed by atoms with Crippen LogP contribution in [-0.4, -0.2) is 33.9 Å². The second kappa shape index (κ2) is 7.08. The van der Waals surface area contributed by atoms with Crippen LogP contribution >= 0.6 is 0 Å². The van der Waals surface area contributed by atoms with Crippen molar-refractivity contribution in [3.05, 3.63) is 47.6 Å². The molecular formula is C20H27N3O2. The molecule has 5 nitrogen and oxygen atoms in total. The Bertz CT molecular complexity index is 710. The molecule has 0 spiro atoms. The normalized spacial score (nSPS) is 18.2. The van der Waals surface area contributed by atoms with E-state index >= 15 is 0 Å². The van der Waals surface area contributed by atoms with Gasteiger partial charge in [0.05, 0.1) is 6.04 Å². The zero-order valence-corrected chi connectivity index (χ0v) is 15.5. The summed E-state index contributed by atoms with van der Waals surface area (Å²) in [6.07, 6.45) is 1.75. The first-order valence-corrected chi connectivity index (χ1v) is 9.03. The number of Topliss-reactive ketones (excluding diaryl/α,β-unsaturated/α-hetero) is 1. The van der Waals surface area contributed by atoms with Crippen molar-refractivity contribution >= 4 is 5.78 Å². The van der Waals surface area contributed by atoms with E-state index in [2.05, 4.69) is 42.7 Å². The summed E-state index contributed by atoms with van der Waals surface area (Å²) in [5.74, 6) is 1.78. The second-order valence-electron chi connectivity index (χ2n) is 7.92. The predicted octanol–water partition coefficient (Wildman–Crippen LogP) is 4.02. The van der Waals surface area contributed by atoms with Crippen LogP contribution in [0.25, 0.3) is 0 Å². The van der Waals surface area contributed by atoms with Crippen molar-refractivity contribution in [2.24, 2.45) is 5.92 Å². The number of likely N-dealkylation sites (tertiary alicyclic amines) is 1. The first kappa shape index (κ1) is 17.8. The summed E-state index contributed by atoms with van der Waals surface area (Å²) in [5, 5.41) is 4.12. The molecule has 1 fully saturated rings. The lowest BCUT2D eigenvalue weighted by Crippen LogP contribution is -2.38. The second-order valence-corrected chi connectivity index (χ2v) is 7.92. The topological polar surface area (TPSA) is 59.2 Å². The number of hydrogen-bond donors (Lipinski definition) is 0. The third-order valence-corrected chi connectivity index (χ3v) is 4.98. The highest BCUT2D eigenvalue weighted by Crippen LogP contribution is 2.29.